The van der Waals surface area contributed by atoms with Gasteiger partial charge in [0.05, 0.1) is 0 Å². The van der Waals surface area contributed by atoms with Gasteiger partial charge in [-0.3, -0.25) is 0 Å². The fourth-order valence-corrected chi connectivity index (χ4v) is 8.21. The van der Waals surface area contributed by atoms with Gasteiger partial charge in [0.25, 0.3) is 0 Å². The van der Waals surface area contributed by atoms with Crippen LogP contribution in [0.3, 0.4) is 0 Å². The number of thiophene rings is 1. The van der Waals surface area contributed by atoms with Crippen molar-refractivity contribution in [1.29, 1.82) is 0 Å². The zero-order chi connectivity index (χ0) is 37.7. The molecule has 0 fully saturated rings. The molecule has 3 heterocycles. The van der Waals surface area contributed by atoms with Gasteiger partial charge in [-0.25, -0.2) is 15.0 Å². The normalized spacial score (nSPS) is 11.7. The molecule has 9 rings (SSSR count). The van der Waals surface area contributed by atoms with Crippen LogP contribution in [0.5, 0.6) is 0 Å². The zero-order valence-electron chi connectivity index (χ0n) is 28.4. The summed E-state index contributed by atoms with van der Waals surface area (Å²) >= 11 is 1.78. The quantitative estimate of drug-likeness (QED) is 0.219. The Hall–Kier alpha value is -5.00. The smallest absolute Gasteiger partial charge is 0.164 e. The van der Waals surface area contributed by atoms with Crippen LogP contribution in [-0.2, 0) is 0 Å². The lowest BCUT2D eigenvalue weighted by Gasteiger charge is -2.22. The van der Waals surface area contributed by atoms with Crippen molar-refractivity contribution in [2.24, 2.45) is 0 Å². The van der Waals surface area contributed by atoms with Crippen molar-refractivity contribution in [2.75, 3.05) is 0 Å². The Morgan fingerprint density at radius 3 is 1.44 bits per heavy atom. The Kier molecular flexibility index (Phi) is 8.24. The predicted molar refractivity (Wildman–Crippen MR) is 236 cm³/mol. The van der Waals surface area contributed by atoms with Gasteiger partial charge in [0.15, 0.2) is 17.5 Å². The van der Waals surface area contributed by atoms with E-state index in [-0.39, 0.29) is 83.2 Å². The topological polar surface area (TPSA) is 51.8 Å². The second kappa shape index (κ2) is 12.8. The second-order valence-corrected chi connectivity index (χ2v) is 14.0. The molecule has 0 aliphatic heterocycles. The van der Waals surface area contributed by atoms with Gasteiger partial charge >= 0.3 is 0 Å². The molecule has 15 heteroatoms. The predicted octanol–water partition coefficient (Wildman–Crippen LogP) is -1.26. The Balaban J connectivity index is 1.23. The van der Waals surface area contributed by atoms with Gasteiger partial charge in [0.1, 0.15) is 89.6 Å². The van der Waals surface area contributed by atoms with E-state index in [2.05, 4.69) is 65.6 Å². The number of hydrogen-bond acceptors (Lipinski definition) is 5. The molecule has 0 atom stereocenters. The summed E-state index contributed by atoms with van der Waals surface area (Å²) in [6, 6.07) is 26.7. The summed E-state index contributed by atoms with van der Waals surface area (Å²) in [4.78, 5) is 14.2. The second-order valence-electron chi connectivity index (χ2n) is 13.0. The van der Waals surface area contributed by atoms with E-state index in [4.69, 9.17) is 92.8 Å². The molecule has 0 bridgehead atoms. The highest BCUT2D eigenvalue weighted by Crippen LogP contribution is 2.41. The number of nitrogens with zero attached hydrogens (tertiary/aromatic N) is 3. The summed E-state index contributed by atoms with van der Waals surface area (Å²) in [7, 11) is 62.9. The summed E-state index contributed by atoms with van der Waals surface area (Å²) in [5.74, 6) is 0.219. The van der Waals surface area contributed by atoms with E-state index >= 15 is 0 Å². The van der Waals surface area contributed by atoms with Crippen LogP contribution in [0.25, 0.3) is 87.4 Å². The van der Waals surface area contributed by atoms with Crippen molar-refractivity contribution >= 4 is 187 Å². The number of hydrogen-bond donors (Lipinski definition) is 0. The Labute approximate surface area is 328 Å². The number of benzene rings is 6. The van der Waals surface area contributed by atoms with Crippen LogP contribution in [0.2, 0.25) is 0 Å². The maximum Gasteiger partial charge on any atom is 0.164 e. The van der Waals surface area contributed by atoms with Gasteiger partial charge < -0.3 is 4.42 Å². The molecule has 3 aromatic heterocycles. The van der Waals surface area contributed by atoms with Gasteiger partial charge in [-0.15, -0.1) is 44.1 Å². The van der Waals surface area contributed by atoms with E-state index in [1.165, 1.54) is 20.2 Å². The van der Waals surface area contributed by atoms with E-state index < -0.39 is 0 Å². The van der Waals surface area contributed by atoms with Crippen molar-refractivity contribution in [1.82, 2.24) is 15.0 Å². The lowest BCUT2D eigenvalue weighted by Crippen LogP contribution is -2.55. The minimum Gasteiger partial charge on any atom is -0.456 e. The molecule has 0 amide bonds. The van der Waals surface area contributed by atoms with Crippen LogP contribution in [0.1, 0.15) is 0 Å². The maximum atomic E-state index is 6.50. The Morgan fingerprint density at radius 1 is 0.407 bits per heavy atom. The van der Waals surface area contributed by atoms with Gasteiger partial charge in [0, 0.05) is 47.6 Å². The molecule has 4 nitrogen and oxygen atoms in total. The van der Waals surface area contributed by atoms with E-state index in [0.717, 1.165) is 27.5 Å². The molecule has 0 saturated heterocycles. The van der Waals surface area contributed by atoms with E-state index in [1.807, 2.05) is 18.2 Å². The van der Waals surface area contributed by atoms with E-state index in [1.54, 1.807) is 11.3 Å². The fraction of sp³-hybridized carbons (Fsp3) is 0. The SMILES string of the molecule is [B]c1c([B])c([B])c(-c2nc(-c3ccc4c(c3)oc3cc(-c5cccc6c5sc5ccccc56)ccc34)nc(-c3c([B])c([B])c([B])c([B])c3[B])n2)c([B])c1[B]. The van der Waals surface area contributed by atoms with E-state index in [9.17, 15) is 0 Å². The van der Waals surface area contributed by atoms with Gasteiger partial charge in [-0.1, -0.05) is 70.4 Å². The first kappa shape index (κ1) is 34.7. The summed E-state index contributed by atoms with van der Waals surface area (Å²) in [5.41, 5.74) is 4.58. The lowest BCUT2D eigenvalue weighted by molar-refractivity contribution is 0.669. The van der Waals surface area contributed by atoms with Gasteiger partial charge in [-0.05, 0) is 41.5 Å². The van der Waals surface area contributed by atoms with Crippen molar-refractivity contribution < 1.29 is 4.42 Å². The van der Waals surface area contributed by atoms with Gasteiger partial charge in [0.2, 0.25) is 0 Å². The molecule has 0 aliphatic rings. The monoisotopic (exact) mass is 681 g/mol. The van der Waals surface area contributed by atoms with Crippen LogP contribution in [0.4, 0.5) is 0 Å². The first-order valence-electron chi connectivity index (χ1n) is 16.6. The molecule has 54 heavy (non-hydrogen) atoms. The van der Waals surface area contributed by atoms with Crippen LogP contribution in [0, 0.1) is 0 Å². The molecular formula is C39H13B10N3OS. The summed E-state index contributed by atoms with van der Waals surface area (Å²) in [6.45, 7) is 0. The highest BCUT2D eigenvalue weighted by atomic mass is 32.1. The Bertz CT molecular complexity index is 2940. The highest BCUT2D eigenvalue weighted by Gasteiger charge is 2.22. The standard InChI is InChI=1S/C39H13B10N3OS/c40-26-24(27(41)31(45)34(48)30(26)44)38-50-37(51-39(52-38)25-28(42)32(46)35(49)33(47)29(25)43)15-9-11-18-17-10-8-14(12-21(17)53-22(18)13-15)16-5-3-6-20-19-4-1-2-7-23(19)54-36(16)20/h1-13H. The average molecular weight is 680 g/mol. The first-order valence-corrected chi connectivity index (χ1v) is 17.4. The molecule has 0 aliphatic carbocycles. The molecule has 9 aromatic rings. The van der Waals surface area contributed by atoms with Crippen molar-refractivity contribution in [2.45, 2.75) is 0 Å². The minimum atomic E-state index is 0.0147. The number of fused-ring (bicyclic) bond motifs is 6. The van der Waals surface area contributed by atoms with Crippen LogP contribution in [0.15, 0.2) is 83.3 Å². The molecule has 0 spiro atoms. The number of aromatic nitrogens is 3. The van der Waals surface area contributed by atoms with E-state index in [0.29, 0.717) is 11.1 Å². The fourth-order valence-electron chi connectivity index (χ4n) is 6.97. The van der Waals surface area contributed by atoms with Crippen LogP contribution in [-0.4, -0.2) is 93.4 Å². The largest absolute Gasteiger partial charge is 0.456 e. The molecule has 226 valence electrons. The molecule has 20 radical (unpaired) electrons. The maximum absolute atomic E-state index is 6.50. The van der Waals surface area contributed by atoms with Crippen molar-refractivity contribution in [3.63, 3.8) is 0 Å². The van der Waals surface area contributed by atoms with Crippen molar-refractivity contribution in [3.05, 3.63) is 78.9 Å². The third-order valence-electron chi connectivity index (χ3n) is 9.93. The summed E-state index contributed by atoms with van der Waals surface area (Å²) in [5, 5.41) is 4.31. The molecular weight excluding hydrogens is 667 g/mol. The molecule has 0 unspecified atom stereocenters. The van der Waals surface area contributed by atoms with Crippen LogP contribution >= 0.6 is 11.3 Å². The summed E-state index contributed by atoms with van der Waals surface area (Å²) < 4.78 is 8.96. The van der Waals surface area contributed by atoms with Crippen LogP contribution < -0.4 is 54.6 Å². The van der Waals surface area contributed by atoms with Gasteiger partial charge in [-0.2, -0.15) is 0 Å². The van der Waals surface area contributed by atoms with Crippen molar-refractivity contribution in [3.8, 4) is 45.3 Å². The minimum absolute atomic E-state index is 0.0147. The molecule has 6 aromatic carbocycles. The summed E-state index contributed by atoms with van der Waals surface area (Å²) in [6.07, 6.45) is 0. The highest BCUT2D eigenvalue weighted by molar-refractivity contribution is 7.26. The molecule has 0 N–H and O–H groups in total. The third-order valence-corrected chi connectivity index (χ3v) is 11.1. The number of rotatable bonds is 4. The Morgan fingerprint density at radius 2 is 0.870 bits per heavy atom. The third kappa shape index (κ3) is 5.22. The molecule has 0 saturated carbocycles. The average Bonchev–Trinajstić information content (AvgIpc) is 3.75. The lowest BCUT2D eigenvalue weighted by atomic mass is 9.60. The zero-order valence-corrected chi connectivity index (χ0v) is 29.3. The first-order chi connectivity index (χ1) is 25.9. The number of furan rings is 1.